The second-order valence-corrected chi connectivity index (χ2v) is 6.90. The maximum atomic E-state index is 12.2. The molecule has 2 aromatic rings. The average molecular weight is 475 g/mol. The largest absolute Gasteiger partial charge is 0.466 e. The smallest absolute Gasteiger partial charge is 0.354 e. The standard InChI is InChI=1S/C22H23ClN4O6/c1-3-32-21(28)12-11-19(22(29)33-4-2)25-26-20-13-16(23)7-10-18(20)24-14-15-5-8-17(9-6-15)27(30)31/h5-10,13-14,26H,3-4,11-12H2,1-2H3/b24-14?,25-19-. The Morgan fingerprint density at radius 1 is 1.09 bits per heavy atom. The Bertz CT molecular complexity index is 1050. The van der Waals surface area contributed by atoms with Crippen molar-refractivity contribution in [1.82, 2.24) is 0 Å². The molecule has 11 heteroatoms. The first-order chi connectivity index (χ1) is 15.8. The number of hydrogen-bond acceptors (Lipinski definition) is 9. The average Bonchev–Trinajstić information content (AvgIpc) is 2.79. The Labute approximate surface area is 195 Å². The van der Waals surface area contributed by atoms with Gasteiger partial charge in [-0.25, -0.2) is 4.79 Å². The number of nitro groups is 1. The van der Waals surface area contributed by atoms with E-state index in [-0.39, 0.29) is 37.5 Å². The molecule has 0 unspecified atom stereocenters. The Morgan fingerprint density at radius 2 is 1.79 bits per heavy atom. The van der Waals surface area contributed by atoms with Gasteiger partial charge in [-0.05, 0) is 49.7 Å². The van der Waals surface area contributed by atoms with Crippen molar-refractivity contribution < 1.29 is 24.0 Å². The van der Waals surface area contributed by atoms with Crippen molar-refractivity contribution >= 4 is 52.5 Å². The van der Waals surface area contributed by atoms with Crippen molar-refractivity contribution in [2.24, 2.45) is 10.1 Å². The summed E-state index contributed by atoms with van der Waals surface area (Å²) < 4.78 is 9.89. The number of non-ortho nitro benzene ring substituents is 1. The molecule has 2 rings (SSSR count). The summed E-state index contributed by atoms with van der Waals surface area (Å²) in [6.07, 6.45) is 1.51. The van der Waals surface area contributed by atoms with E-state index in [0.717, 1.165) is 0 Å². The van der Waals surface area contributed by atoms with Crippen molar-refractivity contribution in [3.05, 3.63) is 63.2 Å². The lowest BCUT2D eigenvalue weighted by atomic mass is 10.2. The van der Waals surface area contributed by atoms with Gasteiger partial charge in [0.25, 0.3) is 5.69 Å². The van der Waals surface area contributed by atoms with Gasteiger partial charge < -0.3 is 9.47 Å². The third kappa shape index (κ3) is 8.34. The number of benzene rings is 2. The molecule has 0 saturated heterocycles. The monoisotopic (exact) mass is 474 g/mol. The summed E-state index contributed by atoms with van der Waals surface area (Å²) >= 11 is 6.09. The van der Waals surface area contributed by atoms with E-state index in [0.29, 0.717) is 22.0 Å². The second-order valence-electron chi connectivity index (χ2n) is 6.46. The zero-order chi connectivity index (χ0) is 24.2. The summed E-state index contributed by atoms with van der Waals surface area (Å²) in [5, 5.41) is 15.3. The Morgan fingerprint density at radius 3 is 2.42 bits per heavy atom. The van der Waals surface area contributed by atoms with Gasteiger partial charge in [0.2, 0.25) is 0 Å². The minimum atomic E-state index is -0.660. The SMILES string of the molecule is CCOC(=O)CC/C(=N/Nc1cc(Cl)ccc1N=Cc1ccc([N+](=O)[O-])cc1)C(=O)OCC. The van der Waals surface area contributed by atoms with Gasteiger partial charge in [-0.1, -0.05) is 11.6 Å². The quantitative estimate of drug-likeness (QED) is 0.216. The molecule has 0 heterocycles. The van der Waals surface area contributed by atoms with E-state index in [4.69, 9.17) is 21.1 Å². The summed E-state index contributed by atoms with van der Waals surface area (Å²) in [4.78, 5) is 38.6. The number of aliphatic imine (C=N–C) groups is 1. The van der Waals surface area contributed by atoms with E-state index >= 15 is 0 Å². The van der Waals surface area contributed by atoms with Gasteiger partial charge in [-0.3, -0.25) is 25.3 Å². The topological polar surface area (TPSA) is 132 Å². The Balaban J connectivity index is 2.23. The molecule has 0 aromatic heterocycles. The maximum absolute atomic E-state index is 12.2. The van der Waals surface area contributed by atoms with Crippen LogP contribution in [0.4, 0.5) is 17.1 Å². The summed E-state index contributed by atoms with van der Waals surface area (Å²) in [5.74, 6) is -1.11. The van der Waals surface area contributed by atoms with Crippen LogP contribution < -0.4 is 5.43 Å². The van der Waals surface area contributed by atoms with Crippen LogP contribution in [0, 0.1) is 10.1 Å². The summed E-state index contributed by atoms with van der Waals surface area (Å²) in [5.41, 5.74) is 4.24. The van der Waals surface area contributed by atoms with Crippen LogP contribution in [0.15, 0.2) is 52.6 Å². The lowest BCUT2D eigenvalue weighted by molar-refractivity contribution is -0.384. The lowest BCUT2D eigenvalue weighted by Crippen LogP contribution is -2.20. The molecule has 0 bridgehead atoms. The first kappa shape index (κ1) is 25.5. The number of hydrogen-bond donors (Lipinski definition) is 1. The third-order valence-electron chi connectivity index (χ3n) is 4.11. The summed E-state index contributed by atoms with van der Waals surface area (Å²) in [6, 6.07) is 10.7. The maximum Gasteiger partial charge on any atom is 0.354 e. The number of nitrogens with one attached hydrogen (secondary N) is 1. The van der Waals surface area contributed by atoms with Crippen LogP contribution >= 0.6 is 11.6 Å². The predicted octanol–water partition coefficient (Wildman–Crippen LogP) is 4.67. The van der Waals surface area contributed by atoms with Crippen LogP contribution in [0.5, 0.6) is 0 Å². The van der Waals surface area contributed by atoms with E-state index in [1.165, 1.54) is 18.3 Å². The second kappa shape index (κ2) is 12.9. The molecule has 0 spiro atoms. The number of nitrogens with zero attached hydrogens (tertiary/aromatic N) is 3. The Kier molecular flexibility index (Phi) is 9.97. The molecule has 0 fully saturated rings. The van der Waals surface area contributed by atoms with Gasteiger partial charge in [0.1, 0.15) is 5.71 Å². The zero-order valence-corrected chi connectivity index (χ0v) is 18.9. The minimum Gasteiger partial charge on any atom is -0.466 e. The Hall–Kier alpha value is -3.79. The molecule has 0 aliphatic carbocycles. The molecule has 2 aromatic carbocycles. The molecule has 0 radical (unpaired) electrons. The number of ether oxygens (including phenoxy) is 2. The molecule has 174 valence electrons. The number of carbonyl (C=O) groups excluding carboxylic acids is 2. The van der Waals surface area contributed by atoms with E-state index < -0.39 is 16.9 Å². The molecule has 33 heavy (non-hydrogen) atoms. The normalized spacial score (nSPS) is 11.3. The fourth-order valence-corrected chi connectivity index (χ4v) is 2.71. The van der Waals surface area contributed by atoms with Crippen LogP contribution in [0.3, 0.4) is 0 Å². The molecular weight excluding hydrogens is 452 g/mol. The summed E-state index contributed by atoms with van der Waals surface area (Å²) in [6.45, 7) is 3.74. The summed E-state index contributed by atoms with van der Waals surface area (Å²) in [7, 11) is 0. The van der Waals surface area contributed by atoms with Gasteiger partial charge in [0.05, 0.1) is 35.9 Å². The molecular formula is C22H23ClN4O6. The van der Waals surface area contributed by atoms with E-state index in [2.05, 4.69) is 15.5 Å². The van der Waals surface area contributed by atoms with Gasteiger partial charge in [0.15, 0.2) is 0 Å². The van der Waals surface area contributed by atoms with E-state index in [9.17, 15) is 19.7 Å². The van der Waals surface area contributed by atoms with Gasteiger partial charge in [-0.2, -0.15) is 5.10 Å². The highest BCUT2D eigenvalue weighted by Crippen LogP contribution is 2.28. The van der Waals surface area contributed by atoms with Crippen LogP contribution in [0.25, 0.3) is 0 Å². The highest BCUT2D eigenvalue weighted by Gasteiger charge is 2.16. The first-order valence-corrected chi connectivity index (χ1v) is 10.4. The van der Waals surface area contributed by atoms with Crippen molar-refractivity contribution in [1.29, 1.82) is 0 Å². The number of carbonyl (C=O) groups is 2. The number of halogens is 1. The van der Waals surface area contributed by atoms with Crippen molar-refractivity contribution in [2.75, 3.05) is 18.6 Å². The van der Waals surface area contributed by atoms with Gasteiger partial charge in [-0.15, -0.1) is 0 Å². The third-order valence-corrected chi connectivity index (χ3v) is 4.34. The predicted molar refractivity (Wildman–Crippen MR) is 125 cm³/mol. The number of esters is 2. The number of hydrazone groups is 1. The van der Waals surface area contributed by atoms with E-state index in [1.807, 2.05) is 0 Å². The van der Waals surface area contributed by atoms with Crippen molar-refractivity contribution in [3.8, 4) is 0 Å². The van der Waals surface area contributed by atoms with Crippen LogP contribution in [-0.4, -0.2) is 42.0 Å². The fourth-order valence-electron chi connectivity index (χ4n) is 2.54. The first-order valence-electron chi connectivity index (χ1n) is 10.1. The fraction of sp³-hybridized carbons (Fsp3) is 0.273. The van der Waals surface area contributed by atoms with Crippen LogP contribution in [0.1, 0.15) is 32.3 Å². The highest BCUT2D eigenvalue weighted by molar-refractivity contribution is 6.36. The van der Waals surface area contributed by atoms with Crippen molar-refractivity contribution in [3.63, 3.8) is 0 Å². The van der Waals surface area contributed by atoms with Crippen LogP contribution in [-0.2, 0) is 19.1 Å². The highest BCUT2D eigenvalue weighted by atomic mass is 35.5. The molecule has 0 atom stereocenters. The van der Waals surface area contributed by atoms with Gasteiger partial charge >= 0.3 is 11.9 Å². The number of anilines is 1. The van der Waals surface area contributed by atoms with E-state index in [1.54, 1.807) is 44.2 Å². The zero-order valence-electron chi connectivity index (χ0n) is 18.1. The molecule has 1 N–H and O–H groups in total. The lowest BCUT2D eigenvalue weighted by Gasteiger charge is -2.09. The van der Waals surface area contributed by atoms with Crippen LogP contribution in [0.2, 0.25) is 5.02 Å². The number of rotatable bonds is 11. The number of nitro benzene ring substituents is 1. The molecule has 0 aliphatic rings. The molecule has 10 nitrogen and oxygen atoms in total. The minimum absolute atomic E-state index is 0.00942. The van der Waals surface area contributed by atoms with Gasteiger partial charge in [0, 0.05) is 29.8 Å². The molecule has 0 amide bonds. The molecule has 0 saturated carbocycles. The van der Waals surface area contributed by atoms with Crippen molar-refractivity contribution in [2.45, 2.75) is 26.7 Å². The molecule has 0 aliphatic heterocycles.